The molecule has 0 unspecified atom stereocenters. The maximum atomic E-state index is 6.04. The summed E-state index contributed by atoms with van der Waals surface area (Å²) in [5, 5.41) is 6.71. The van der Waals surface area contributed by atoms with E-state index < -0.39 is 0 Å². The number of nitrogens with one attached hydrogen (secondary N) is 2. The van der Waals surface area contributed by atoms with E-state index in [0.29, 0.717) is 6.54 Å². The first-order valence-corrected chi connectivity index (χ1v) is 10.1. The van der Waals surface area contributed by atoms with Gasteiger partial charge in [0, 0.05) is 18.7 Å². The van der Waals surface area contributed by atoms with Gasteiger partial charge in [-0.2, -0.15) is 11.8 Å². The van der Waals surface area contributed by atoms with Crippen molar-refractivity contribution < 1.29 is 4.74 Å². The summed E-state index contributed by atoms with van der Waals surface area (Å²) >= 11 is 1.90. The number of rotatable bonds is 9. The van der Waals surface area contributed by atoms with Crippen LogP contribution in [0, 0.1) is 0 Å². The first-order valence-electron chi connectivity index (χ1n) is 8.74. The van der Waals surface area contributed by atoms with Gasteiger partial charge in [-0.1, -0.05) is 18.2 Å². The molecule has 24 heavy (non-hydrogen) atoms. The van der Waals surface area contributed by atoms with E-state index in [1.165, 1.54) is 12.2 Å². The lowest BCUT2D eigenvalue weighted by atomic mass is 10.1. The second-order valence-electron chi connectivity index (χ2n) is 6.64. The van der Waals surface area contributed by atoms with E-state index in [-0.39, 0.29) is 5.60 Å². The van der Waals surface area contributed by atoms with Crippen LogP contribution in [0.1, 0.15) is 46.1 Å². The third-order valence-electron chi connectivity index (χ3n) is 3.21. The first kappa shape index (κ1) is 20.7. The minimum Gasteiger partial charge on any atom is -0.488 e. The monoisotopic (exact) mass is 351 g/mol. The molecule has 5 heteroatoms. The Hall–Kier alpha value is -1.36. The topological polar surface area (TPSA) is 45.7 Å². The fraction of sp³-hybridized carbons (Fsp3) is 0.632. The molecular formula is C19H33N3OS. The number of thioether (sulfide) groups is 1. The van der Waals surface area contributed by atoms with E-state index in [9.17, 15) is 0 Å². The third-order valence-corrected chi connectivity index (χ3v) is 3.91. The number of hydrogen-bond acceptors (Lipinski definition) is 3. The largest absolute Gasteiger partial charge is 0.488 e. The molecule has 0 radical (unpaired) electrons. The van der Waals surface area contributed by atoms with Crippen LogP contribution in [-0.4, -0.2) is 36.7 Å². The smallest absolute Gasteiger partial charge is 0.191 e. The predicted octanol–water partition coefficient (Wildman–Crippen LogP) is 4.06. The molecule has 0 aliphatic heterocycles. The molecule has 0 aromatic heterocycles. The fourth-order valence-electron chi connectivity index (χ4n) is 2.15. The first-order chi connectivity index (χ1) is 11.5. The zero-order valence-corrected chi connectivity index (χ0v) is 16.6. The normalized spacial score (nSPS) is 12.1. The van der Waals surface area contributed by atoms with E-state index in [0.717, 1.165) is 36.8 Å². The molecule has 0 aliphatic rings. The maximum Gasteiger partial charge on any atom is 0.191 e. The molecule has 0 heterocycles. The van der Waals surface area contributed by atoms with E-state index in [4.69, 9.17) is 9.73 Å². The average molecular weight is 352 g/mol. The van der Waals surface area contributed by atoms with E-state index >= 15 is 0 Å². The van der Waals surface area contributed by atoms with Crippen molar-refractivity contribution in [2.24, 2.45) is 4.99 Å². The summed E-state index contributed by atoms with van der Waals surface area (Å²) in [4.78, 5) is 4.70. The van der Waals surface area contributed by atoms with Gasteiger partial charge in [-0.05, 0) is 58.6 Å². The number of ether oxygens (including phenoxy) is 1. The molecule has 1 rings (SSSR count). The number of unbranched alkanes of at least 4 members (excludes halogenated alkanes) is 1. The highest BCUT2D eigenvalue weighted by Gasteiger charge is 2.14. The molecule has 1 aromatic carbocycles. The minimum absolute atomic E-state index is 0.208. The van der Waals surface area contributed by atoms with Crippen molar-refractivity contribution in [1.29, 1.82) is 0 Å². The van der Waals surface area contributed by atoms with Crippen LogP contribution in [0.2, 0.25) is 0 Å². The summed E-state index contributed by atoms with van der Waals surface area (Å²) in [6, 6.07) is 8.12. The molecule has 0 spiro atoms. The molecule has 0 bridgehead atoms. The molecule has 1 aromatic rings. The van der Waals surface area contributed by atoms with Crippen molar-refractivity contribution in [3.05, 3.63) is 29.8 Å². The lowest BCUT2D eigenvalue weighted by Gasteiger charge is -2.23. The summed E-state index contributed by atoms with van der Waals surface area (Å²) < 4.78 is 6.04. The van der Waals surface area contributed by atoms with Crippen LogP contribution >= 0.6 is 11.8 Å². The Balaban J connectivity index is 2.65. The molecule has 2 N–H and O–H groups in total. The Morgan fingerprint density at radius 3 is 2.58 bits per heavy atom. The van der Waals surface area contributed by atoms with Crippen molar-refractivity contribution in [2.45, 2.75) is 52.7 Å². The lowest BCUT2D eigenvalue weighted by Crippen LogP contribution is -2.37. The number of benzene rings is 1. The number of nitrogens with zero attached hydrogens (tertiary/aromatic N) is 1. The summed E-state index contributed by atoms with van der Waals surface area (Å²) in [6.07, 6.45) is 4.54. The van der Waals surface area contributed by atoms with Gasteiger partial charge in [-0.3, -0.25) is 0 Å². The van der Waals surface area contributed by atoms with Gasteiger partial charge in [0.1, 0.15) is 11.4 Å². The van der Waals surface area contributed by atoms with Crippen LogP contribution in [0.25, 0.3) is 0 Å². The molecule has 0 atom stereocenters. The minimum atomic E-state index is -0.208. The van der Waals surface area contributed by atoms with Gasteiger partial charge in [0.2, 0.25) is 0 Å². The lowest BCUT2D eigenvalue weighted by molar-refractivity contribution is 0.129. The van der Waals surface area contributed by atoms with Crippen molar-refractivity contribution >= 4 is 17.7 Å². The van der Waals surface area contributed by atoms with Crippen LogP contribution in [-0.2, 0) is 6.54 Å². The van der Waals surface area contributed by atoms with Gasteiger partial charge in [-0.25, -0.2) is 4.99 Å². The van der Waals surface area contributed by atoms with Crippen LogP contribution in [0.5, 0.6) is 5.75 Å². The Kier molecular flexibility index (Phi) is 9.69. The number of guanidine groups is 1. The van der Waals surface area contributed by atoms with Crippen molar-refractivity contribution in [3.63, 3.8) is 0 Å². The van der Waals surface area contributed by atoms with E-state index in [2.05, 4.69) is 50.7 Å². The van der Waals surface area contributed by atoms with Crippen LogP contribution in [0.15, 0.2) is 29.3 Å². The number of aliphatic imine (C=N–C) groups is 1. The quantitative estimate of drug-likeness (QED) is 0.400. The van der Waals surface area contributed by atoms with Gasteiger partial charge in [-0.15, -0.1) is 0 Å². The van der Waals surface area contributed by atoms with Crippen molar-refractivity contribution in [3.8, 4) is 5.75 Å². The second kappa shape index (κ2) is 11.2. The van der Waals surface area contributed by atoms with Gasteiger partial charge < -0.3 is 15.4 Å². The number of para-hydroxylation sites is 1. The molecule has 136 valence electrons. The predicted molar refractivity (Wildman–Crippen MR) is 107 cm³/mol. The van der Waals surface area contributed by atoms with E-state index in [1.807, 2.05) is 30.0 Å². The Morgan fingerprint density at radius 1 is 1.17 bits per heavy atom. The second-order valence-corrected chi connectivity index (χ2v) is 7.63. The van der Waals surface area contributed by atoms with Gasteiger partial charge in [0.05, 0.1) is 6.54 Å². The molecule has 4 nitrogen and oxygen atoms in total. The molecular weight excluding hydrogens is 318 g/mol. The summed E-state index contributed by atoms with van der Waals surface area (Å²) in [7, 11) is 0. The highest BCUT2D eigenvalue weighted by atomic mass is 32.2. The number of hydrogen-bond donors (Lipinski definition) is 2. The van der Waals surface area contributed by atoms with Gasteiger partial charge in [0.25, 0.3) is 0 Å². The Bertz CT molecular complexity index is 498. The van der Waals surface area contributed by atoms with Gasteiger partial charge in [0.15, 0.2) is 5.96 Å². The van der Waals surface area contributed by atoms with Crippen LogP contribution in [0.4, 0.5) is 0 Å². The Labute approximate surface area is 151 Å². The molecule has 0 saturated carbocycles. The maximum absolute atomic E-state index is 6.04. The molecule has 0 fully saturated rings. The van der Waals surface area contributed by atoms with E-state index in [1.54, 1.807) is 0 Å². The SMILES string of the molecule is CCNC(=NCc1ccccc1OC(C)(C)C)NCCCCSC. The highest BCUT2D eigenvalue weighted by molar-refractivity contribution is 7.98. The molecule has 0 saturated heterocycles. The summed E-state index contributed by atoms with van der Waals surface area (Å²) in [5.74, 6) is 2.99. The highest BCUT2D eigenvalue weighted by Crippen LogP contribution is 2.23. The summed E-state index contributed by atoms with van der Waals surface area (Å²) in [6.45, 7) is 10.7. The van der Waals surface area contributed by atoms with Crippen LogP contribution in [0.3, 0.4) is 0 Å². The third kappa shape index (κ3) is 9.06. The average Bonchev–Trinajstić information content (AvgIpc) is 2.52. The fourth-order valence-corrected chi connectivity index (χ4v) is 2.64. The van der Waals surface area contributed by atoms with Crippen molar-refractivity contribution in [1.82, 2.24) is 10.6 Å². The Morgan fingerprint density at radius 2 is 1.92 bits per heavy atom. The zero-order valence-electron chi connectivity index (χ0n) is 15.8. The molecule has 0 aliphatic carbocycles. The standard InChI is InChI=1S/C19H33N3OS/c1-6-20-18(21-13-9-10-14-24-5)22-15-16-11-7-8-12-17(16)23-19(2,3)4/h7-8,11-12H,6,9-10,13-15H2,1-5H3,(H2,20,21,22). The molecule has 0 amide bonds. The summed E-state index contributed by atoms with van der Waals surface area (Å²) in [5.41, 5.74) is 0.895. The zero-order chi connectivity index (χ0) is 17.8. The van der Waals surface area contributed by atoms with Gasteiger partial charge >= 0.3 is 0 Å². The van der Waals surface area contributed by atoms with Crippen LogP contribution < -0.4 is 15.4 Å². The van der Waals surface area contributed by atoms with Crippen molar-refractivity contribution in [2.75, 3.05) is 25.1 Å².